The monoisotopic (exact) mass is 191 g/mol. The first-order valence-corrected chi connectivity index (χ1v) is 4.27. The molecular formula is C7H17N3O3. The van der Waals surface area contributed by atoms with Crippen LogP contribution in [0.2, 0.25) is 0 Å². The summed E-state index contributed by atoms with van der Waals surface area (Å²) in [6, 6.07) is 0. The van der Waals surface area contributed by atoms with Crippen molar-refractivity contribution in [1.82, 2.24) is 0 Å². The summed E-state index contributed by atoms with van der Waals surface area (Å²) in [7, 11) is 0. The van der Waals surface area contributed by atoms with Crippen LogP contribution in [0, 0.1) is 5.92 Å². The highest BCUT2D eigenvalue weighted by Gasteiger charge is 2.35. The van der Waals surface area contributed by atoms with Crippen LogP contribution in [-0.4, -0.2) is 25.0 Å². The van der Waals surface area contributed by atoms with Gasteiger partial charge in [0.05, 0.1) is 6.61 Å². The van der Waals surface area contributed by atoms with Crippen LogP contribution in [0.1, 0.15) is 13.3 Å². The Balaban J connectivity index is 2.54. The highest BCUT2D eigenvalue weighted by atomic mass is 16.7. The molecule has 1 aliphatic heterocycles. The van der Waals surface area contributed by atoms with E-state index in [1.165, 1.54) is 0 Å². The first-order valence-electron chi connectivity index (χ1n) is 4.27. The molecule has 0 bridgehead atoms. The summed E-state index contributed by atoms with van der Waals surface area (Å²) < 4.78 is 5.37. The van der Waals surface area contributed by atoms with Gasteiger partial charge in [-0.1, -0.05) is 6.92 Å². The van der Waals surface area contributed by atoms with E-state index in [-0.39, 0.29) is 31.0 Å². The molecule has 2 unspecified atom stereocenters. The van der Waals surface area contributed by atoms with Crippen molar-refractivity contribution in [3.05, 3.63) is 0 Å². The fourth-order valence-corrected chi connectivity index (χ4v) is 1.68. The van der Waals surface area contributed by atoms with Crippen molar-refractivity contribution in [2.45, 2.75) is 31.8 Å². The SMILES string of the molecule is C[C@H]1CC(N)O[C@H](CON)C1ON. The van der Waals surface area contributed by atoms with E-state index < -0.39 is 0 Å². The fraction of sp³-hybridized carbons (Fsp3) is 1.00. The Labute approximate surface area is 77.2 Å². The Morgan fingerprint density at radius 2 is 2.15 bits per heavy atom. The number of hydrogen-bond acceptors (Lipinski definition) is 6. The zero-order valence-corrected chi connectivity index (χ0v) is 7.68. The Bertz CT molecular complexity index is 158. The van der Waals surface area contributed by atoms with Crippen LogP contribution in [0.5, 0.6) is 0 Å². The summed E-state index contributed by atoms with van der Waals surface area (Å²) in [5.74, 6) is 10.3. The lowest BCUT2D eigenvalue weighted by Crippen LogP contribution is -2.51. The average molecular weight is 191 g/mol. The molecule has 78 valence electrons. The molecule has 1 aliphatic rings. The standard InChI is InChI=1S/C7H17N3O3/c1-4-2-6(8)12-5(3-11-9)7(4)13-10/h4-7H,2-3,8-10H2,1H3/t4-,5+,6?,7?/m0/s1. The Morgan fingerprint density at radius 1 is 1.46 bits per heavy atom. The van der Waals surface area contributed by atoms with Gasteiger partial charge in [0.25, 0.3) is 0 Å². The van der Waals surface area contributed by atoms with E-state index in [0.717, 1.165) is 6.42 Å². The van der Waals surface area contributed by atoms with E-state index in [0.29, 0.717) is 0 Å². The Kier molecular flexibility index (Phi) is 4.04. The second-order valence-corrected chi connectivity index (χ2v) is 3.36. The lowest BCUT2D eigenvalue weighted by molar-refractivity contribution is -0.181. The second kappa shape index (κ2) is 4.85. The molecule has 13 heavy (non-hydrogen) atoms. The molecule has 6 N–H and O–H groups in total. The number of nitrogens with two attached hydrogens (primary N) is 3. The van der Waals surface area contributed by atoms with Crippen LogP contribution in [0.15, 0.2) is 0 Å². The molecule has 0 amide bonds. The quantitative estimate of drug-likeness (QED) is 0.486. The summed E-state index contributed by atoms with van der Waals surface area (Å²) in [5.41, 5.74) is 5.65. The van der Waals surface area contributed by atoms with Gasteiger partial charge in [-0.2, -0.15) is 0 Å². The molecule has 0 aliphatic carbocycles. The van der Waals surface area contributed by atoms with E-state index in [4.69, 9.17) is 27.1 Å². The molecule has 0 spiro atoms. The third-order valence-corrected chi connectivity index (χ3v) is 2.30. The van der Waals surface area contributed by atoms with Gasteiger partial charge >= 0.3 is 0 Å². The molecule has 1 rings (SSSR count). The van der Waals surface area contributed by atoms with Gasteiger partial charge < -0.3 is 15.3 Å². The molecule has 4 atom stereocenters. The molecular weight excluding hydrogens is 174 g/mol. The van der Waals surface area contributed by atoms with Crippen molar-refractivity contribution in [1.29, 1.82) is 0 Å². The van der Waals surface area contributed by atoms with Gasteiger partial charge in [-0.15, -0.1) is 0 Å². The van der Waals surface area contributed by atoms with Gasteiger partial charge in [0.1, 0.15) is 18.4 Å². The van der Waals surface area contributed by atoms with Crippen LogP contribution < -0.4 is 17.5 Å². The Morgan fingerprint density at radius 3 is 2.69 bits per heavy atom. The smallest absolute Gasteiger partial charge is 0.113 e. The van der Waals surface area contributed by atoms with Crippen LogP contribution >= 0.6 is 0 Å². The first-order chi connectivity index (χ1) is 6.19. The third-order valence-electron chi connectivity index (χ3n) is 2.30. The van der Waals surface area contributed by atoms with E-state index in [2.05, 4.69) is 4.84 Å². The fourth-order valence-electron chi connectivity index (χ4n) is 1.68. The molecule has 0 aromatic heterocycles. The molecule has 6 heteroatoms. The molecule has 1 fully saturated rings. The minimum Gasteiger partial charge on any atom is -0.355 e. The maximum absolute atomic E-state index is 5.65. The van der Waals surface area contributed by atoms with Gasteiger partial charge in [-0.05, 0) is 12.3 Å². The zero-order chi connectivity index (χ0) is 9.84. The molecule has 0 aromatic rings. The molecule has 0 aromatic carbocycles. The number of rotatable bonds is 3. The third kappa shape index (κ3) is 2.60. The summed E-state index contributed by atoms with van der Waals surface area (Å²) in [4.78, 5) is 9.29. The van der Waals surface area contributed by atoms with E-state index in [9.17, 15) is 0 Å². The van der Waals surface area contributed by atoms with E-state index in [1.807, 2.05) is 6.92 Å². The van der Waals surface area contributed by atoms with Gasteiger partial charge in [-0.3, -0.25) is 4.84 Å². The molecule has 1 heterocycles. The Hall–Kier alpha value is -0.240. The van der Waals surface area contributed by atoms with Crippen molar-refractivity contribution in [3.8, 4) is 0 Å². The molecule has 0 saturated carbocycles. The maximum Gasteiger partial charge on any atom is 0.113 e. The maximum atomic E-state index is 5.65. The summed E-state index contributed by atoms with van der Waals surface area (Å²) in [6.07, 6.45) is -0.0539. The van der Waals surface area contributed by atoms with Crippen LogP contribution in [-0.2, 0) is 14.4 Å². The molecule has 6 nitrogen and oxygen atoms in total. The van der Waals surface area contributed by atoms with Crippen molar-refractivity contribution in [2.75, 3.05) is 6.61 Å². The van der Waals surface area contributed by atoms with Gasteiger partial charge in [0.2, 0.25) is 0 Å². The summed E-state index contributed by atoms with van der Waals surface area (Å²) in [5, 5.41) is 0. The molecule has 1 saturated heterocycles. The van der Waals surface area contributed by atoms with Crippen molar-refractivity contribution >= 4 is 0 Å². The predicted molar refractivity (Wildman–Crippen MR) is 45.8 cm³/mol. The summed E-state index contributed by atoms with van der Waals surface area (Å²) >= 11 is 0. The van der Waals surface area contributed by atoms with E-state index >= 15 is 0 Å². The number of hydrogen-bond donors (Lipinski definition) is 3. The van der Waals surface area contributed by atoms with Gasteiger partial charge in [0.15, 0.2) is 0 Å². The highest BCUT2D eigenvalue weighted by molar-refractivity contribution is 4.82. The second-order valence-electron chi connectivity index (χ2n) is 3.36. The van der Waals surface area contributed by atoms with Gasteiger partial charge in [0, 0.05) is 0 Å². The average Bonchev–Trinajstić information content (AvgIpc) is 2.04. The van der Waals surface area contributed by atoms with Crippen LogP contribution in [0.25, 0.3) is 0 Å². The number of ether oxygens (including phenoxy) is 1. The minimum absolute atomic E-state index is 0.205. The summed E-state index contributed by atoms with van der Waals surface area (Å²) in [6.45, 7) is 2.24. The lowest BCUT2D eigenvalue weighted by Gasteiger charge is -2.37. The molecule has 0 radical (unpaired) electrons. The zero-order valence-electron chi connectivity index (χ0n) is 7.68. The van der Waals surface area contributed by atoms with Crippen molar-refractivity contribution in [3.63, 3.8) is 0 Å². The van der Waals surface area contributed by atoms with Crippen molar-refractivity contribution in [2.24, 2.45) is 23.4 Å². The van der Waals surface area contributed by atoms with E-state index in [1.54, 1.807) is 0 Å². The predicted octanol–water partition coefficient (Wildman–Crippen LogP) is -1.15. The highest BCUT2D eigenvalue weighted by Crippen LogP contribution is 2.24. The van der Waals surface area contributed by atoms with Crippen molar-refractivity contribution < 1.29 is 14.4 Å². The van der Waals surface area contributed by atoms with Gasteiger partial charge in [-0.25, -0.2) is 11.8 Å². The van der Waals surface area contributed by atoms with Crippen LogP contribution in [0.4, 0.5) is 0 Å². The normalized spacial score (nSPS) is 40.6. The minimum atomic E-state index is -0.290. The van der Waals surface area contributed by atoms with Crippen LogP contribution in [0.3, 0.4) is 0 Å². The lowest BCUT2D eigenvalue weighted by atomic mass is 9.93. The largest absolute Gasteiger partial charge is 0.355 e. The topological polar surface area (TPSA) is 106 Å². The first kappa shape index (κ1) is 10.8.